The molecular formula is C8H8N4S. The van der Waals surface area contributed by atoms with Crippen LogP contribution in [0.1, 0.15) is 5.56 Å². The molecule has 0 aliphatic heterocycles. The smallest absolute Gasteiger partial charge is 0.143 e. The second-order valence-corrected chi connectivity index (χ2v) is 3.24. The summed E-state index contributed by atoms with van der Waals surface area (Å²) >= 11 is 4.25. The number of tetrazole rings is 1. The third kappa shape index (κ3) is 1.55. The van der Waals surface area contributed by atoms with E-state index in [9.17, 15) is 0 Å². The number of hydrogen-bond acceptors (Lipinski definition) is 4. The van der Waals surface area contributed by atoms with Gasteiger partial charge in [-0.3, -0.25) is 0 Å². The number of rotatable bonds is 1. The first-order valence-electron chi connectivity index (χ1n) is 3.80. The van der Waals surface area contributed by atoms with Crippen LogP contribution in [0.2, 0.25) is 0 Å². The van der Waals surface area contributed by atoms with Crippen LogP contribution >= 0.6 is 12.6 Å². The fraction of sp³-hybridized carbons (Fsp3) is 0.125. The Bertz CT molecular complexity index is 410. The zero-order valence-corrected chi connectivity index (χ0v) is 7.94. The van der Waals surface area contributed by atoms with E-state index in [4.69, 9.17) is 0 Å². The van der Waals surface area contributed by atoms with Gasteiger partial charge in [0.15, 0.2) is 0 Å². The Morgan fingerprint density at radius 2 is 2.23 bits per heavy atom. The molecule has 0 amide bonds. The molecule has 0 spiro atoms. The van der Waals surface area contributed by atoms with Gasteiger partial charge in [-0.25, -0.2) is 4.68 Å². The Hall–Kier alpha value is -1.36. The van der Waals surface area contributed by atoms with Crippen molar-refractivity contribution in [1.29, 1.82) is 0 Å². The van der Waals surface area contributed by atoms with E-state index in [1.165, 1.54) is 0 Å². The van der Waals surface area contributed by atoms with Gasteiger partial charge in [0.25, 0.3) is 0 Å². The van der Waals surface area contributed by atoms with Crippen molar-refractivity contribution < 1.29 is 0 Å². The van der Waals surface area contributed by atoms with E-state index in [1.807, 2.05) is 25.1 Å². The SMILES string of the molecule is Cc1ccc(S)cc1-n1cnnn1. The Labute approximate surface area is 81.0 Å². The van der Waals surface area contributed by atoms with Crippen molar-refractivity contribution in [3.63, 3.8) is 0 Å². The van der Waals surface area contributed by atoms with Gasteiger partial charge < -0.3 is 0 Å². The van der Waals surface area contributed by atoms with Crippen LogP contribution in [-0.2, 0) is 0 Å². The lowest BCUT2D eigenvalue weighted by atomic mass is 10.2. The molecule has 0 fully saturated rings. The molecule has 1 aromatic carbocycles. The third-order valence-electron chi connectivity index (χ3n) is 1.79. The van der Waals surface area contributed by atoms with Crippen LogP contribution in [0.3, 0.4) is 0 Å². The Morgan fingerprint density at radius 1 is 1.38 bits per heavy atom. The molecule has 1 heterocycles. The highest BCUT2D eigenvalue weighted by Crippen LogP contribution is 2.16. The van der Waals surface area contributed by atoms with Gasteiger partial charge in [-0.1, -0.05) is 6.07 Å². The van der Waals surface area contributed by atoms with Crippen LogP contribution in [0, 0.1) is 6.92 Å². The highest BCUT2D eigenvalue weighted by molar-refractivity contribution is 7.80. The molecule has 0 atom stereocenters. The molecule has 66 valence electrons. The highest BCUT2D eigenvalue weighted by Gasteiger charge is 2.01. The second-order valence-electron chi connectivity index (χ2n) is 2.73. The average Bonchev–Trinajstić information content (AvgIpc) is 2.61. The van der Waals surface area contributed by atoms with E-state index in [1.54, 1.807) is 11.0 Å². The molecule has 2 rings (SSSR count). The molecule has 0 saturated heterocycles. The van der Waals surface area contributed by atoms with Crippen LogP contribution in [0.5, 0.6) is 0 Å². The van der Waals surface area contributed by atoms with Crippen molar-refractivity contribution in [2.24, 2.45) is 0 Å². The minimum Gasteiger partial charge on any atom is -0.200 e. The van der Waals surface area contributed by atoms with Gasteiger partial charge in [0, 0.05) is 4.90 Å². The van der Waals surface area contributed by atoms with Crippen LogP contribution < -0.4 is 0 Å². The molecule has 0 unspecified atom stereocenters. The largest absolute Gasteiger partial charge is 0.200 e. The highest BCUT2D eigenvalue weighted by atomic mass is 32.1. The van der Waals surface area contributed by atoms with Crippen molar-refractivity contribution in [3.8, 4) is 5.69 Å². The number of aromatic nitrogens is 4. The van der Waals surface area contributed by atoms with Crippen LogP contribution in [-0.4, -0.2) is 20.2 Å². The van der Waals surface area contributed by atoms with Crippen molar-refractivity contribution in [2.75, 3.05) is 0 Å². The number of nitrogens with zero attached hydrogens (tertiary/aromatic N) is 4. The van der Waals surface area contributed by atoms with E-state index in [0.29, 0.717) is 0 Å². The Morgan fingerprint density at radius 3 is 2.92 bits per heavy atom. The Kier molecular flexibility index (Phi) is 2.02. The molecule has 1 aromatic heterocycles. The van der Waals surface area contributed by atoms with Crippen molar-refractivity contribution >= 4 is 12.6 Å². The van der Waals surface area contributed by atoms with Crippen molar-refractivity contribution in [3.05, 3.63) is 30.1 Å². The normalized spacial score (nSPS) is 10.3. The topological polar surface area (TPSA) is 43.6 Å². The third-order valence-corrected chi connectivity index (χ3v) is 2.07. The van der Waals surface area contributed by atoms with Crippen LogP contribution in [0.4, 0.5) is 0 Å². The maximum Gasteiger partial charge on any atom is 0.143 e. The number of hydrogen-bond donors (Lipinski definition) is 1. The first-order chi connectivity index (χ1) is 6.27. The zero-order chi connectivity index (χ0) is 9.26. The molecule has 0 N–H and O–H groups in total. The summed E-state index contributed by atoms with van der Waals surface area (Å²) in [6, 6.07) is 5.85. The first kappa shape index (κ1) is 8.25. The average molecular weight is 192 g/mol. The fourth-order valence-corrected chi connectivity index (χ4v) is 1.31. The standard InChI is InChI=1S/C8H8N4S/c1-6-2-3-7(13)4-8(6)12-5-9-10-11-12/h2-5,13H,1H3. The van der Waals surface area contributed by atoms with E-state index < -0.39 is 0 Å². The van der Waals surface area contributed by atoms with Gasteiger partial charge in [0.2, 0.25) is 0 Å². The predicted molar refractivity (Wildman–Crippen MR) is 51.1 cm³/mol. The summed E-state index contributed by atoms with van der Waals surface area (Å²) in [6.45, 7) is 2.00. The van der Waals surface area contributed by atoms with Gasteiger partial charge in [0.1, 0.15) is 6.33 Å². The molecule has 2 aromatic rings. The van der Waals surface area contributed by atoms with Gasteiger partial charge >= 0.3 is 0 Å². The van der Waals surface area contributed by atoms with E-state index in [2.05, 4.69) is 28.2 Å². The predicted octanol–water partition coefficient (Wildman–Crippen LogP) is 1.26. The van der Waals surface area contributed by atoms with E-state index >= 15 is 0 Å². The summed E-state index contributed by atoms with van der Waals surface area (Å²) in [5.74, 6) is 0. The van der Waals surface area contributed by atoms with Gasteiger partial charge in [0.05, 0.1) is 5.69 Å². The van der Waals surface area contributed by atoms with Gasteiger partial charge in [-0.15, -0.1) is 17.7 Å². The molecule has 5 heteroatoms. The maximum atomic E-state index is 4.25. The lowest BCUT2D eigenvalue weighted by molar-refractivity contribution is 0.783. The summed E-state index contributed by atoms with van der Waals surface area (Å²) < 4.78 is 1.62. The summed E-state index contributed by atoms with van der Waals surface area (Å²) in [5.41, 5.74) is 2.07. The number of thiol groups is 1. The molecule has 0 saturated carbocycles. The first-order valence-corrected chi connectivity index (χ1v) is 4.25. The number of aryl methyl sites for hydroxylation is 1. The minimum absolute atomic E-state index is 0.899. The van der Waals surface area contributed by atoms with Crippen LogP contribution in [0.15, 0.2) is 29.4 Å². The molecular weight excluding hydrogens is 184 g/mol. The molecule has 13 heavy (non-hydrogen) atoms. The quantitative estimate of drug-likeness (QED) is 0.692. The second kappa shape index (κ2) is 3.18. The lowest BCUT2D eigenvalue weighted by Gasteiger charge is -2.03. The monoisotopic (exact) mass is 192 g/mol. The van der Waals surface area contributed by atoms with Crippen LogP contribution in [0.25, 0.3) is 5.69 Å². The molecule has 0 radical (unpaired) electrons. The van der Waals surface area contributed by atoms with Gasteiger partial charge in [-0.05, 0) is 35.0 Å². The summed E-state index contributed by atoms with van der Waals surface area (Å²) in [6.07, 6.45) is 1.57. The van der Waals surface area contributed by atoms with Gasteiger partial charge in [-0.2, -0.15) is 0 Å². The molecule has 0 aliphatic carbocycles. The molecule has 0 bridgehead atoms. The van der Waals surface area contributed by atoms with Crippen molar-refractivity contribution in [2.45, 2.75) is 11.8 Å². The summed E-state index contributed by atoms with van der Waals surface area (Å²) in [5, 5.41) is 11.0. The molecule has 0 aliphatic rings. The molecule has 4 nitrogen and oxygen atoms in total. The fourth-order valence-electron chi connectivity index (χ4n) is 1.12. The van der Waals surface area contributed by atoms with E-state index in [0.717, 1.165) is 16.1 Å². The Balaban J connectivity index is 2.57. The zero-order valence-electron chi connectivity index (χ0n) is 7.05. The van der Waals surface area contributed by atoms with Crippen molar-refractivity contribution in [1.82, 2.24) is 20.2 Å². The maximum absolute atomic E-state index is 4.25. The van der Waals surface area contributed by atoms with E-state index in [-0.39, 0.29) is 0 Å². The lowest BCUT2D eigenvalue weighted by Crippen LogP contribution is -1.97. The summed E-state index contributed by atoms with van der Waals surface area (Å²) in [7, 11) is 0. The minimum atomic E-state index is 0.899. The number of benzene rings is 1. The summed E-state index contributed by atoms with van der Waals surface area (Å²) in [4.78, 5) is 0.899.